The smallest absolute Gasteiger partial charge is 0.374 e. The van der Waals surface area contributed by atoms with Gasteiger partial charge in [0.15, 0.2) is 0 Å². The highest BCUT2D eigenvalue weighted by Gasteiger charge is 2.40. The van der Waals surface area contributed by atoms with Gasteiger partial charge in [-0.15, -0.1) is 0 Å². The Hall–Kier alpha value is -0.706. The van der Waals surface area contributed by atoms with Crippen LogP contribution >= 0.6 is 0 Å². The molecule has 0 aliphatic rings. The summed E-state index contributed by atoms with van der Waals surface area (Å²) in [5.74, 6) is 0.154. The lowest BCUT2D eigenvalue weighted by molar-refractivity contribution is -0.119. The second-order valence-electron chi connectivity index (χ2n) is 7.35. The molecule has 0 atom stereocenters. The van der Waals surface area contributed by atoms with Gasteiger partial charge in [-0.1, -0.05) is 0 Å². The number of amides is 1. The molecule has 0 radical (unpaired) electrons. The first-order valence-corrected chi connectivity index (χ1v) is 16.7. The van der Waals surface area contributed by atoms with Gasteiger partial charge in [0.05, 0.1) is 0 Å². The van der Waals surface area contributed by atoms with Crippen molar-refractivity contribution in [2.75, 3.05) is 52.7 Å². The monoisotopic (exact) mass is 542 g/mol. The molecule has 0 rings (SSSR count). The lowest BCUT2D eigenvalue weighted by atomic mass is 10.5. The van der Waals surface area contributed by atoms with Gasteiger partial charge in [-0.05, 0) is 74.8 Å². The number of nitrogens with two attached hydrogens (primary N) is 1. The van der Waals surface area contributed by atoms with Gasteiger partial charge in [-0.25, -0.2) is 0 Å². The van der Waals surface area contributed by atoms with Gasteiger partial charge in [0.25, 0.3) is 0 Å². The lowest BCUT2D eigenvalue weighted by Gasteiger charge is -2.28. The summed E-state index contributed by atoms with van der Waals surface area (Å²) in [7, 11) is -4.92. The van der Waals surface area contributed by atoms with Crippen molar-refractivity contribution in [2.45, 2.75) is 87.2 Å². The highest BCUT2D eigenvalue weighted by molar-refractivity contribution is 6.61. The summed E-state index contributed by atoms with van der Waals surface area (Å²) in [4.78, 5) is 20.2. The van der Waals surface area contributed by atoms with Gasteiger partial charge in [0, 0.05) is 65.2 Å². The quantitative estimate of drug-likeness (QED) is 0.186. The highest BCUT2D eigenvalue weighted by atomic mass is 28.4. The maximum atomic E-state index is 10.8. The summed E-state index contributed by atoms with van der Waals surface area (Å²) < 4.78 is 34.1. The Kier molecular flexibility index (Phi) is 29.2. The summed E-state index contributed by atoms with van der Waals surface area (Å²) in [6, 6.07) is 1.56. The molecule has 0 aromatic rings. The molecule has 0 heterocycles. The molecular formula is C23H54N2O8Si2. The van der Waals surface area contributed by atoms with Crippen molar-refractivity contribution in [1.82, 2.24) is 5.32 Å². The Morgan fingerprint density at radius 3 is 1.14 bits per heavy atom. The summed E-state index contributed by atoms with van der Waals surface area (Å²) >= 11 is 0. The minimum atomic E-state index is -2.52. The zero-order valence-electron chi connectivity index (χ0n) is 23.8. The zero-order valence-corrected chi connectivity index (χ0v) is 25.8. The van der Waals surface area contributed by atoms with E-state index in [1.807, 2.05) is 41.5 Å². The third-order valence-corrected chi connectivity index (χ3v) is 10.2. The van der Waals surface area contributed by atoms with Crippen LogP contribution in [0.25, 0.3) is 0 Å². The van der Waals surface area contributed by atoms with Crippen LogP contribution < -0.4 is 11.1 Å². The van der Waals surface area contributed by atoms with E-state index in [4.69, 9.17) is 32.3 Å². The number of hydrogen-bond donors (Lipinski definition) is 2. The first kappa shape index (κ1) is 38.8. The van der Waals surface area contributed by atoms with E-state index in [1.165, 1.54) is 20.8 Å². The van der Waals surface area contributed by atoms with Crippen LogP contribution in [0.3, 0.4) is 0 Å². The van der Waals surface area contributed by atoms with Crippen molar-refractivity contribution >= 4 is 29.3 Å². The van der Waals surface area contributed by atoms with E-state index in [9.17, 15) is 9.59 Å². The van der Waals surface area contributed by atoms with E-state index < -0.39 is 17.6 Å². The predicted molar refractivity (Wildman–Crippen MR) is 144 cm³/mol. The van der Waals surface area contributed by atoms with Gasteiger partial charge in [-0.2, -0.15) is 0 Å². The van der Waals surface area contributed by atoms with Crippen LogP contribution in [0.5, 0.6) is 0 Å². The molecule has 0 saturated carbocycles. The summed E-state index contributed by atoms with van der Waals surface area (Å²) in [5.41, 5.74) is 5.48. The van der Waals surface area contributed by atoms with Crippen molar-refractivity contribution in [1.29, 1.82) is 0 Å². The SMILES string of the molecule is CC(C)=O.CCO[Si](CCCN)(OCC)OCC.CCO[Si](CCCNC(C)=O)(OCC)OCC. The van der Waals surface area contributed by atoms with E-state index in [2.05, 4.69) is 5.32 Å². The fourth-order valence-electron chi connectivity index (χ4n) is 2.89. The fraction of sp³-hybridized carbons (Fsp3) is 0.913. The number of Topliss-reactive ketones (excluding diaryl/α,β-unsaturated/α-hetero) is 1. The maximum absolute atomic E-state index is 10.8. The van der Waals surface area contributed by atoms with Gasteiger partial charge >= 0.3 is 17.6 Å². The molecule has 0 aliphatic carbocycles. The second kappa shape index (κ2) is 26.4. The van der Waals surface area contributed by atoms with Gasteiger partial charge in [-0.3, -0.25) is 4.79 Å². The van der Waals surface area contributed by atoms with Crippen LogP contribution in [0.2, 0.25) is 12.1 Å². The van der Waals surface area contributed by atoms with Crippen LogP contribution in [-0.4, -0.2) is 82.0 Å². The Bertz CT molecular complexity index is 464. The van der Waals surface area contributed by atoms with Crippen LogP contribution in [0.4, 0.5) is 0 Å². The average Bonchev–Trinajstić information content (AvgIpc) is 2.76. The number of ketones is 1. The van der Waals surface area contributed by atoms with Crippen molar-refractivity contribution in [3.63, 3.8) is 0 Å². The van der Waals surface area contributed by atoms with Crippen LogP contribution in [-0.2, 0) is 36.1 Å². The molecule has 3 N–H and O–H groups in total. The van der Waals surface area contributed by atoms with Crippen molar-refractivity contribution < 1.29 is 36.1 Å². The molecule has 0 aromatic heterocycles. The molecule has 0 aliphatic heterocycles. The highest BCUT2D eigenvalue weighted by Crippen LogP contribution is 2.18. The maximum Gasteiger partial charge on any atom is 0.500 e. The van der Waals surface area contributed by atoms with Crippen molar-refractivity contribution in [2.24, 2.45) is 5.73 Å². The molecule has 0 aromatic carbocycles. The number of nitrogens with one attached hydrogen (secondary N) is 1. The number of carbonyl (C=O) groups excluding carboxylic acids is 2. The Labute approximate surface area is 216 Å². The minimum Gasteiger partial charge on any atom is -0.374 e. The first-order valence-electron chi connectivity index (χ1n) is 12.8. The lowest BCUT2D eigenvalue weighted by Crippen LogP contribution is -2.46. The number of carbonyl (C=O) groups is 2. The van der Waals surface area contributed by atoms with E-state index in [0.717, 1.165) is 24.9 Å². The number of hydrogen-bond acceptors (Lipinski definition) is 9. The van der Waals surface area contributed by atoms with Gasteiger partial charge < -0.3 is 42.4 Å². The summed E-state index contributed by atoms with van der Waals surface area (Å²) in [6.07, 6.45) is 1.71. The third kappa shape index (κ3) is 24.8. The largest absolute Gasteiger partial charge is 0.500 e. The second-order valence-corrected chi connectivity index (χ2v) is 12.8. The zero-order chi connectivity index (χ0) is 27.6. The normalized spacial score (nSPS) is 11.1. The third-order valence-electron chi connectivity index (χ3n) is 3.91. The van der Waals surface area contributed by atoms with E-state index in [0.29, 0.717) is 52.7 Å². The molecule has 0 unspecified atom stereocenters. The van der Waals surface area contributed by atoms with Crippen LogP contribution in [0, 0.1) is 0 Å². The Morgan fingerprint density at radius 2 is 0.914 bits per heavy atom. The molecule has 0 bridgehead atoms. The van der Waals surface area contributed by atoms with Gasteiger partial charge in [0.2, 0.25) is 5.91 Å². The summed E-state index contributed by atoms with van der Waals surface area (Å²) in [5, 5.41) is 2.76. The van der Waals surface area contributed by atoms with E-state index in [1.54, 1.807) is 0 Å². The molecule has 12 heteroatoms. The topological polar surface area (TPSA) is 128 Å². The number of rotatable bonds is 19. The molecule has 35 heavy (non-hydrogen) atoms. The van der Waals surface area contributed by atoms with Gasteiger partial charge in [0.1, 0.15) is 5.78 Å². The molecule has 0 saturated heterocycles. The average molecular weight is 543 g/mol. The first-order chi connectivity index (χ1) is 16.6. The predicted octanol–water partition coefficient (Wildman–Crippen LogP) is 3.54. The van der Waals surface area contributed by atoms with Crippen LogP contribution in [0.1, 0.15) is 75.2 Å². The molecule has 0 fully saturated rings. The Morgan fingerprint density at radius 1 is 0.629 bits per heavy atom. The van der Waals surface area contributed by atoms with Crippen molar-refractivity contribution in [3.05, 3.63) is 0 Å². The van der Waals surface area contributed by atoms with Crippen LogP contribution in [0.15, 0.2) is 0 Å². The van der Waals surface area contributed by atoms with E-state index in [-0.39, 0.29) is 11.7 Å². The molecule has 212 valence electrons. The molecule has 10 nitrogen and oxygen atoms in total. The molecule has 0 spiro atoms. The fourth-order valence-corrected chi connectivity index (χ4v) is 8.14. The summed E-state index contributed by atoms with van der Waals surface area (Å²) in [6.45, 7) is 21.2. The Balaban J connectivity index is -0.000000514. The standard InChI is InChI=1S/C11H25NO4Si.C9H23NO3Si.C3H6O/c1-5-14-17(15-6-2,16-7-3)10-8-9-12-11(4)13;1-4-11-14(12-5-2,13-6-3)9-7-8-10;1-3(2)4/h5-10H2,1-4H3,(H,12,13);4-10H2,1-3H3;1-2H3. The molecular weight excluding hydrogens is 488 g/mol. The van der Waals surface area contributed by atoms with E-state index >= 15 is 0 Å². The minimum absolute atomic E-state index is 0.0125. The molecule has 1 amide bonds. The van der Waals surface area contributed by atoms with Crippen molar-refractivity contribution in [3.8, 4) is 0 Å².